The number of nitrogens with zero attached hydrogens (tertiary/aromatic N) is 2. The highest BCUT2D eigenvalue weighted by Crippen LogP contribution is 2.11. The molecule has 0 saturated carbocycles. The fraction of sp³-hybridized carbons (Fsp3) is 0.353. The minimum Gasteiger partial charge on any atom is -0.444 e. The summed E-state index contributed by atoms with van der Waals surface area (Å²) in [7, 11) is 1.68. The van der Waals surface area contributed by atoms with Crippen molar-refractivity contribution in [3.8, 4) is 0 Å². The summed E-state index contributed by atoms with van der Waals surface area (Å²) in [5, 5.41) is 9.10. The number of aliphatic imine (C=N–C) groups is 1. The number of aromatic nitrogens is 1. The largest absolute Gasteiger partial charge is 0.444 e. The van der Waals surface area contributed by atoms with Gasteiger partial charge in [0.2, 0.25) is 5.89 Å². The minimum absolute atomic E-state index is 0.114. The second-order valence-corrected chi connectivity index (χ2v) is 6.28. The summed E-state index contributed by atoms with van der Waals surface area (Å²) in [5.74, 6) is 1.93. The van der Waals surface area contributed by atoms with Gasteiger partial charge in [-0.2, -0.15) is 0 Å². The number of nitrogens with one attached hydrogen (secondary N) is 3. The molecule has 1 amide bonds. The van der Waals surface area contributed by atoms with Crippen LogP contribution in [0.1, 0.15) is 27.7 Å². The molecular formula is C17H22BrN5O2. The zero-order valence-electron chi connectivity index (χ0n) is 14.5. The third kappa shape index (κ3) is 5.90. The normalized spacial score (nSPS) is 11.3. The fourth-order valence-electron chi connectivity index (χ4n) is 2.08. The monoisotopic (exact) mass is 407 g/mol. The summed E-state index contributed by atoms with van der Waals surface area (Å²) in [6.45, 7) is 5.25. The topological polar surface area (TPSA) is 91.5 Å². The molecule has 1 heterocycles. The molecule has 1 aromatic heterocycles. The third-order valence-corrected chi connectivity index (χ3v) is 3.99. The van der Waals surface area contributed by atoms with E-state index in [2.05, 4.69) is 41.9 Å². The van der Waals surface area contributed by atoms with E-state index in [9.17, 15) is 4.79 Å². The SMILES string of the molecule is CN=C(NCCNC(=O)c1cccc(Br)c1)NCc1nc(C)c(C)o1. The first-order valence-electron chi connectivity index (χ1n) is 7.90. The average molecular weight is 408 g/mol. The highest BCUT2D eigenvalue weighted by Gasteiger charge is 2.07. The molecule has 8 heteroatoms. The molecule has 2 rings (SSSR count). The number of amides is 1. The Morgan fingerprint density at radius 2 is 2.00 bits per heavy atom. The molecule has 1 aromatic carbocycles. The lowest BCUT2D eigenvalue weighted by molar-refractivity contribution is 0.0954. The Hall–Kier alpha value is -2.35. The van der Waals surface area contributed by atoms with E-state index in [4.69, 9.17) is 4.42 Å². The van der Waals surface area contributed by atoms with Crippen molar-refractivity contribution >= 4 is 27.8 Å². The molecule has 0 aliphatic rings. The minimum atomic E-state index is -0.114. The van der Waals surface area contributed by atoms with E-state index in [0.29, 0.717) is 37.0 Å². The van der Waals surface area contributed by atoms with Gasteiger partial charge in [0.05, 0.1) is 12.2 Å². The van der Waals surface area contributed by atoms with Gasteiger partial charge in [0.25, 0.3) is 5.91 Å². The molecule has 0 aliphatic carbocycles. The quantitative estimate of drug-likeness (QED) is 0.387. The van der Waals surface area contributed by atoms with Crippen LogP contribution >= 0.6 is 15.9 Å². The van der Waals surface area contributed by atoms with E-state index in [1.54, 1.807) is 19.2 Å². The maximum Gasteiger partial charge on any atom is 0.251 e. The molecule has 0 spiro atoms. The summed E-state index contributed by atoms with van der Waals surface area (Å²) in [5.41, 5.74) is 1.50. The van der Waals surface area contributed by atoms with Gasteiger partial charge in [0, 0.05) is 30.2 Å². The summed E-state index contributed by atoms with van der Waals surface area (Å²) in [4.78, 5) is 20.5. The number of halogens is 1. The maximum absolute atomic E-state index is 12.0. The summed E-state index contributed by atoms with van der Waals surface area (Å²) in [6, 6.07) is 7.26. The maximum atomic E-state index is 12.0. The smallest absolute Gasteiger partial charge is 0.251 e. The molecule has 134 valence electrons. The number of hydrogen-bond acceptors (Lipinski definition) is 4. The Bertz CT molecular complexity index is 738. The van der Waals surface area contributed by atoms with Crippen LogP contribution in [-0.2, 0) is 6.54 Å². The van der Waals surface area contributed by atoms with Gasteiger partial charge < -0.3 is 20.4 Å². The summed E-state index contributed by atoms with van der Waals surface area (Å²) in [6.07, 6.45) is 0. The summed E-state index contributed by atoms with van der Waals surface area (Å²) < 4.78 is 6.38. The van der Waals surface area contributed by atoms with Gasteiger partial charge >= 0.3 is 0 Å². The fourth-order valence-corrected chi connectivity index (χ4v) is 2.48. The predicted octanol–water partition coefficient (Wildman–Crippen LogP) is 2.15. The number of hydrogen-bond donors (Lipinski definition) is 3. The zero-order chi connectivity index (χ0) is 18.2. The molecule has 0 unspecified atom stereocenters. The number of benzene rings is 1. The standard InChI is InChI=1S/C17H22BrN5O2/c1-11-12(2)25-15(23-11)10-22-17(19-3)21-8-7-20-16(24)13-5-4-6-14(18)9-13/h4-6,9H,7-8,10H2,1-3H3,(H,20,24)(H2,19,21,22). The molecule has 25 heavy (non-hydrogen) atoms. The number of guanidine groups is 1. The average Bonchev–Trinajstić information content (AvgIpc) is 2.92. The molecule has 0 bridgehead atoms. The molecular weight excluding hydrogens is 386 g/mol. The molecule has 0 atom stereocenters. The van der Waals surface area contributed by atoms with E-state index >= 15 is 0 Å². The van der Waals surface area contributed by atoms with Crippen molar-refractivity contribution in [1.29, 1.82) is 0 Å². The number of aryl methyl sites for hydroxylation is 2. The van der Waals surface area contributed by atoms with Crippen LogP contribution in [0.4, 0.5) is 0 Å². The predicted molar refractivity (Wildman–Crippen MR) is 101 cm³/mol. The second kappa shape index (κ2) is 9.22. The van der Waals surface area contributed by atoms with Crippen molar-refractivity contribution in [2.24, 2.45) is 4.99 Å². The van der Waals surface area contributed by atoms with Gasteiger partial charge in [-0.05, 0) is 32.0 Å². The van der Waals surface area contributed by atoms with Crippen molar-refractivity contribution in [3.63, 3.8) is 0 Å². The van der Waals surface area contributed by atoms with Gasteiger partial charge in [0.15, 0.2) is 5.96 Å². The Morgan fingerprint density at radius 3 is 2.64 bits per heavy atom. The van der Waals surface area contributed by atoms with Crippen LogP contribution < -0.4 is 16.0 Å². The van der Waals surface area contributed by atoms with Gasteiger partial charge in [-0.3, -0.25) is 9.79 Å². The molecule has 0 saturated heterocycles. The van der Waals surface area contributed by atoms with Crippen LogP contribution in [0.2, 0.25) is 0 Å². The second-order valence-electron chi connectivity index (χ2n) is 5.37. The number of rotatable bonds is 6. The Kier molecular flexibility index (Phi) is 7.00. The van der Waals surface area contributed by atoms with Crippen molar-refractivity contribution in [3.05, 3.63) is 51.6 Å². The highest BCUT2D eigenvalue weighted by atomic mass is 79.9. The van der Waals surface area contributed by atoms with E-state index in [0.717, 1.165) is 15.9 Å². The molecule has 0 aliphatic heterocycles. The molecule has 3 N–H and O–H groups in total. The molecule has 7 nitrogen and oxygen atoms in total. The van der Waals surface area contributed by atoms with Crippen LogP contribution in [-0.4, -0.2) is 37.0 Å². The third-order valence-electron chi connectivity index (χ3n) is 3.49. The van der Waals surface area contributed by atoms with Crippen LogP contribution in [0.5, 0.6) is 0 Å². The van der Waals surface area contributed by atoms with Gasteiger partial charge in [0.1, 0.15) is 5.76 Å². The molecule has 0 radical (unpaired) electrons. The summed E-state index contributed by atoms with van der Waals surface area (Å²) >= 11 is 3.35. The first kappa shape index (κ1) is 19.0. The van der Waals surface area contributed by atoms with E-state index in [-0.39, 0.29) is 5.91 Å². The Labute approximate surface area is 155 Å². The Balaban J connectivity index is 1.71. The lowest BCUT2D eigenvalue weighted by atomic mass is 10.2. The van der Waals surface area contributed by atoms with E-state index in [1.165, 1.54) is 0 Å². The van der Waals surface area contributed by atoms with E-state index in [1.807, 2.05) is 26.0 Å². The number of oxazole rings is 1. The van der Waals surface area contributed by atoms with Crippen molar-refractivity contribution in [1.82, 2.24) is 20.9 Å². The lowest BCUT2D eigenvalue weighted by Crippen LogP contribution is -2.41. The first-order valence-corrected chi connectivity index (χ1v) is 8.70. The van der Waals surface area contributed by atoms with Crippen molar-refractivity contribution in [2.45, 2.75) is 20.4 Å². The van der Waals surface area contributed by atoms with Gasteiger partial charge in [-0.25, -0.2) is 4.98 Å². The Morgan fingerprint density at radius 1 is 1.24 bits per heavy atom. The van der Waals surface area contributed by atoms with Crippen LogP contribution in [0.15, 0.2) is 38.1 Å². The van der Waals surface area contributed by atoms with Crippen LogP contribution in [0.25, 0.3) is 0 Å². The highest BCUT2D eigenvalue weighted by molar-refractivity contribution is 9.10. The van der Waals surface area contributed by atoms with Crippen molar-refractivity contribution in [2.75, 3.05) is 20.1 Å². The number of carbonyl (C=O) groups excluding carboxylic acids is 1. The zero-order valence-corrected chi connectivity index (χ0v) is 16.1. The lowest BCUT2D eigenvalue weighted by Gasteiger charge is -2.11. The van der Waals surface area contributed by atoms with Gasteiger partial charge in [-0.1, -0.05) is 22.0 Å². The van der Waals surface area contributed by atoms with Gasteiger partial charge in [-0.15, -0.1) is 0 Å². The van der Waals surface area contributed by atoms with Crippen molar-refractivity contribution < 1.29 is 9.21 Å². The molecule has 2 aromatic rings. The number of carbonyl (C=O) groups is 1. The van der Waals surface area contributed by atoms with Crippen LogP contribution in [0.3, 0.4) is 0 Å². The van der Waals surface area contributed by atoms with E-state index < -0.39 is 0 Å². The first-order chi connectivity index (χ1) is 12.0. The van der Waals surface area contributed by atoms with Crippen LogP contribution in [0, 0.1) is 13.8 Å². The molecule has 0 fully saturated rings.